The minimum Gasteiger partial charge on any atom is -0.368 e. The Hall–Kier alpha value is -0.170. The van der Waals surface area contributed by atoms with Gasteiger partial charge in [-0.15, -0.1) is 0 Å². The van der Waals surface area contributed by atoms with Crippen molar-refractivity contribution in [3.63, 3.8) is 0 Å². The quantitative estimate of drug-likeness (QED) is 0.612. The molecule has 0 radical (unpaired) electrons. The molecule has 1 fully saturated rings. The van der Waals surface area contributed by atoms with Crippen LogP contribution in [-0.2, 0) is 11.8 Å². The maximum absolute atomic E-state index is 5.79. The van der Waals surface area contributed by atoms with E-state index in [2.05, 4.69) is 32.8 Å². The molecule has 4 nitrogen and oxygen atoms in total. The first-order valence-corrected chi connectivity index (χ1v) is 5.90. The number of alkyl halides is 1. The molecule has 0 amide bonds. The Kier molecular flexibility index (Phi) is 2.83. The maximum atomic E-state index is 5.79. The van der Waals surface area contributed by atoms with Crippen LogP contribution in [0.1, 0.15) is 24.6 Å². The van der Waals surface area contributed by atoms with Crippen LogP contribution in [0, 0.1) is 0 Å². The molecule has 2 atom stereocenters. The van der Waals surface area contributed by atoms with Crippen LogP contribution < -0.4 is 0 Å². The van der Waals surface area contributed by atoms with Gasteiger partial charge in [0.15, 0.2) is 0 Å². The molecule has 5 heteroatoms. The van der Waals surface area contributed by atoms with Gasteiger partial charge in [-0.05, 0) is 12.8 Å². The fourth-order valence-electron chi connectivity index (χ4n) is 1.55. The Morgan fingerprint density at radius 2 is 2.54 bits per heavy atom. The van der Waals surface area contributed by atoms with Crippen molar-refractivity contribution in [2.75, 3.05) is 4.43 Å². The number of nitrogens with zero attached hydrogens (tertiary/aromatic N) is 3. The third-order valence-electron chi connectivity index (χ3n) is 2.23. The predicted molar refractivity (Wildman–Crippen MR) is 56.7 cm³/mol. The number of rotatable bonds is 2. The van der Waals surface area contributed by atoms with E-state index in [9.17, 15) is 0 Å². The Bertz CT molecular complexity index is 289. The summed E-state index contributed by atoms with van der Waals surface area (Å²) in [6.07, 6.45) is 4.60. The van der Waals surface area contributed by atoms with Crippen molar-refractivity contribution in [3.8, 4) is 0 Å². The molecule has 1 aliphatic rings. The van der Waals surface area contributed by atoms with Crippen LogP contribution in [0.15, 0.2) is 6.20 Å². The van der Waals surface area contributed by atoms with E-state index >= 15 is 0 Å². The lowest BCUT2D eigenvalue weighted by molar-refractivity contribution is 0.0568. The predicted octanol–water partition coefficient (Wildman–Crippen LogP) is 1.47. The van der Waals surface area contributed by atoms with Gasteiger partial charge in [-0.3, -0.25) is 0 Å². The molecule has 0 spiro atoms. The highest BCUT2D eigenvalue weighted by molar-refractivity contribution is 14.1. The summed E-state index contributed by atoms with van der Waals surface area (Å²) in [6.45, 7) is 0. The monoisotopic (exact) mass is 293 g/mol. The molecule has 72 valence electrons. The second-order valence-electron chi connectivity index (χ2n) is 3.24. The molecule has 0 aromatic carbocycles. The summed E-state index contributed by atoms with van der Waals surface area (Å²) in [5, 5.41) is 8.28. The largest absolute Gasteiger partial charge is 0.368 e. The normalized spacial score (nSPS) is 28.2. The van der Waals surface area contributed by atoms with Gasteiger partial charge < -0.3 is 4.74 Å². The lowest BCUT2D eigenvalue weighted by Gasteiger charge is -2.08. The number of hydrogen-bond acceptors (Lipinski definition) is 3. The fraction of sp³-hybridized carbons (Fsp3) is 0.750. The molecule has 1 aromatic rings. The molecule has 13 heavy (non-hydrogen) atoms. The van der Waals surface area contributed by atoms with Gasteiger partial charge in [0.1, 0.15) is 11.8 Å². The number of halogens is 1. The van der Waals surface area contributed by atoms with Crippen LogP contribution in [0.5, 0.6) is 0 Å². The smallest absolute Gasteiger partial charge is 0.111 e. The van der Waals surface area contributed by atoms with Crippen molar-refractivity contribution in [1.82, 2.24) is 15.0 Å². The summed E-state index contributed by atoms with van der Waals surface area (Å²) in [5.74, 6) is 0. The minimum atomic E-state index is 0.175. The van der Waals surface area contributed by atoms with E-state index in [-0.39, 0.29) is 6.10 Å². The molecular formula is C8H12IN3O. The minimum absolute atomic E-state index is 0.175. The molecule has 0 saturated carbocycles. The van der Waals surface area contributed by atoms with E-state index in [1.807, 2.05) is 7.05 Å². The van der Waals surface area contributed by atoms with Gasteiger partial charge >= 0.3 is 0 Å². The van der Waals surface area contributed by atoms with Crippen molar-refractivity contribution >= 4 is 22.6 Å². The van der Waals surface area contributed by atoms with Crippen molar-refractivity contribution in [3.05, 3.63) is 11.9 Å². The van der Waals surface area contributed by atoms with Crippen molar-refractivity contribution in [2.45, 2.75) is 25.0 Å². The Balaban J connectivity index is 2.03. The first-order valence-electron chi connectivity index (χ1n) is 4.37. The summed E-state index contributed by atoms with van der Waals surface area (Å²) >= 11 is 2.36. The highest BCUT2D eigenvalue weighted by atomic mass is 127. The third-order valence-corrected chi connectivity index (χ3v) is 3.21. The van der Waals surface area contributed by atoms with E-state index in [4.69, 9.17) is 4.74 Å². The summed E-state index contributed by atoms with van der Waals surface area (Å²) < 4.78 is 6.85. The Morgan fingerprint density at radius 1 is 1.69 bits per heavy atom. The van der Waals surface area contributed by atoms with Gasteiger partial charge in [0.2, 0.25) is 0 Å². The van der Waals surface area contributed by atoms with Crippen molar-refractivity contribution in [1.29, 1.82) is 0 Å². The summed E-state index contributed by atoms with van der Waals surface area (Å²) in [6, 6.07) is 0. The van der Waals surface area contributed by atoms with Crippen LogP contribution in [0.2, 0.25) is 0 Å². The van der Waals surface area contributed by atoms with Gasteiger partial charge in [0, 0.05) is 11.5 Å². The van der Waals surface area contributed by atoms with Gasteiger partial charge in [-0.1, -0.05) is 22.6 Å². The molecule has 1 aliphatic heterocycles. The summed E-state index contributed by atoms with van der Waals surface area (Å²) in [5.41, 5.74) is 0.967. The number of aromatic nitrogens is 3. The number of aryl methyl sites for hydroxylation is 1. The van der Waals surface area contributed by atoms with Gasteiger partial charge in [-0.25, -0.2) is 0 Å². The van der Waals surface area contributed by atoms with Gasteiger partial charge in [0.05, 0.1) is 12.3 Å². The summed E-state index contributed by atoms with van der Waals surface area (Å²) in [7, 11) is 1.83. The Morgan fingerprint density at radius 3 is 3.08 bits per heavy atom. The zero-order chi connectivity index (χ0) is 9.26. The second kappa shape index (κ2) is 3.91. The van der Waals surface area contributed by atoms with Crippen LogP contribution >= 0.6 is 22.6 Å². The molecule has 1 aromatic heterocycles. The first kappa shape index (κ1) is 9.39. The second-order valence-corrected chi connectivity index (χ2v) is 4.12. The Labute approximate surface area is 90.8 Å². The standard InChI is InChI=1S/C8H12IN3O/c1-12-10-5-7(11-12)8-3-2-6(4-9)13-8/h5-6,8H,2-4H2,1H3. The zero-order valence-corrected chi connectivity index (χ0v) is 9.64. The molecule has 1 saturated heterocycles. The highest BCUT2D eigenvalue weighted by Gasteiger charge is 2.27. The van der Waals surface area contributed by atoms with E-state index in [0.717, 1.165) is 23.0 Å². The average molecular weight is 293 g/mol. The van der Waals surface area contributed by atoms with Crippen LogP contribution in [-0.4, -0.2) is 25.5 Å². The average Bonchev–Trinajstić information content (AvgIpc) is 2.71. The van der Waals surface area contributed by atoms with Gasteiger partial charge in [0.25, 0.3) is 0 Å². The molecule has 0 aliphatic carbocycles. The van der Waals surface area contributed by atoms with Crippen LogP contribution in [0.4, 0.5) is 0 Å². The fourth-order valence-corrected chi connectivity index (χ4v) is 2.19. The maximum Gasteiger partial charge on any atom is 0.111 e. The van der Waals surface area contributed by atoms with Gasteiger partial charge in [-0.2, -0.15) is 15.0 Å². The molecule has 0 N–H and O–H groups in total. The SMILES string of the molecule is Cn1ncc(C2CCC(CI)O2)n1. The lowest BCUT2D eigenvalue weighted by atomic mass is 10.2. The van der Waals surface area contributed by atoms with Crippen molar-refractivity contribution < 1.29 is 4.74 Å². The van der Waals surface area contributed by atoms with Crippen molar-refractivity contribution in [2.24, 2.45) is 7.05 Å². The van der Waals surface area contributed by atoms with E-state index in [1.54, 1.807) is 11.0 Å². The molecular weight excluding hydrogens is 281 g/mol. The van der Waals surface area contributed by atoms with Crippen LogP contribution in [0.3, 0.4) is 0 Å². The topological polar surface area (TPSA) is 39.9 Å². The molecule has 2 rings (SSSR count). The third kappa shape index (κ3) is 2.01. The zero-order valence-electron chi connectivity index (χ0n) is 7.48. The number of ether oxygens (including phenoxy) is 1. The van der Waals surface area contributed by atoms with Crippen LogP contribution in [0.25, 0.3) is 0 Å². The van der Waals surface area contributed by atoms with E-state index in [0.29, 0.717) is 6.10 Å². The number of hydrogen-bond donors (Lipinski definition) is 0. The lowest BCUT2D eigenvalue weighted by Crippen LogP contribution is -2.07. The molecule has 2 unspecified atom stereocenters. The highest BCUT2D eigenvalue weighted by Crippen LogP contribution is 2.31. The summed E-state index contributed by atoms with van der Waals surface area (Å²) in [4.78, 5) is 1.58. The molecule has 0 bridgehead atoms. The first-order chi connectivity index (χ1) is 6.29. The van der Waals surface area contributed by atoms with E-state index < -0.39 is 0 Å². The molecule has 2 heterocycles. The van der Waals surface area contributed by atoms with E-state index in [1.165, 1.54) is 0 Å².